The summed E-state index contributed by atoms with van der Waals surface area (Å²) in [6, 6.07) is 2.98. The van der Waals surface area contributed by atoms with Gasteiger partial charge in [-0.05, 0) is 73.5 Å². The Balaban J connectivity index is 1.85. The van der Waals surface area contributed by atoms with E-state index in [2.05, 4.69) is 47.9 Å². The Morgan fingerprint density at radius 3 is 2.95 bits per heavy atom. The van der Waals surface area contributed by atoms with Gasteiger partial charge in [-0.3, -0.25) is 0 Å². The minimum absolute atomic E-state index is 0.732. The van der Waals surface area contributed by atoms with Crippen LogP contribution in [0.2, 0.25) is 0 Å². The molecule has 114 valence electrons. The molecule has 20 heavy (non-hydrogen) atoms. The normalized spacial score (nSPS) is 27.1. The number of hydrogen-bond donors (Lipinski definition) is 1. The molecule has 1 saturated carbocycles. The van der Waals surface area contributed by atoms with Crippen LogP contribution in [-0.4, -0.2) is 31.1 Å². The van der Waals surface area contributed by atoms with Crippen molar-refractivity contribution in [1.82, 2.24) is 10.2 Å². The van der Waals surface area contributed by atoms with Crippen LogP contribution in [0.4, 0.5) is 0 Å². The highest BCUT2D eigenvalue weighted by atomic mass is 32.1. The summed E-state index contributed by atoms with van der Waals surface area (Å²) in [7, 11) is 2.27. The minimum Gasteiger partial charge on any atom is -0.314 e. The Kier molecular flexibility index (Phi) is 6.53. The molecule has 2 rings (SSSR count). The van der Waals surface area contributed by atoms with Crippen molar-refractivity contribution in [2.45, 2.75) is 52.1 Å². The third-order valence-electron chi connectivity index (χ3n) is 4.48. The van der Waals surface area contributed by atoms with E-state index in [1.807, 2.05) is 0 Å². The third-order valence-corrected chi connectivity index (χ3v) is 5.21. The lowest BCUT2D eigenvalue weighted by Gasteiger charge is -2.37. The molecule has 1 aliphatic rings. The van der Waals surface area contributed by atoms with Gasteiger partial charge in [-0.15, -0.1) is 0 Å². The molecule has 0 radical (unpaired) electrons. The molecule has 1 aromatic rings. The first-order valence-electron chi connectivity index (χ1n) is 8.12. The van der Waals surface area contributed by atoms with Crippen molar-refractivity contribution < 1.29 is 0 Å². The van der Waals surface area contributed by atoms with E-state index in [0.29, 0.717) is 0 Å². The molecule has 0 spiro atoms. The van der Waals surface area contributed by atoms with E-state index in [-0.39, 0.29) is 0 Å². The first-order valence-corrected chi connectivity index (χ1v) is 9.06. The molecule has 0 aliphatic heterocycles. The van der Waals surface area contributed by atoms with Gasteiger partial charge >= 0.3 is 0 Å². The maximum atomic E-state index is 3.78. The van der Waals surface area contributed by atoms with E-state index >= 15 is 0 Å². The molecule has 0 aromatic carbocycles. The highest BCUT2D eigenvalue weighted by molar-refractivity contribution is 7.07. The van der Waals surface area contributed by atoms with Crippen LogP contribution in [0.5, 0.6) is 0 Å². The van der Waals surface area contributed by atoms with E-state index in [0.717, 1.165) is 24.4 Å². The molecular formula is C17H30N2S. The van der Waals surface area contributed by atoms with Gasteiger partial charge in [0.2, 0.25) is 0 Å². The molecule has 0 bridgehead atoms. The summed E-state index contributed by atoms with van der Waals surface area (Å²) in [4.78, 5) is 2.51. The van der Waals surface area contributed by atoms with Crippen molar-refractivity contribution in [2.24, 2.45) is 11.8 Å². The van der Waals surface area contributed by atoms with Gasteiger partial charge in [-0.2, -0.15) is 11.3 Å². The van der Waals surface area contributed by atoms with Gasteiger partial charge in [-0.1, -0.05) is 13.8 Å². The van der Waals surface area contributed by atoms with Crippen LogP contribution in [0.25, 0.3) is 0 Å². The Labute approximate surface area is 128 Å². The summed E-state index contributed by atoms with van der Waals surface area (Å²) in [5, 5.41) is 8.23. The molecule has 1 heterocycles. The molecule has 1 fully saturated rings. The quantitative estimate of drug-likeness (QED) is 0.818. The molecule has 3 heteroatoms. The summed E-state index contributed by atoms with van der Waals surface area (Å²) in [5.41, 5.74) is 1.46. The average molecular weight is 295 g/mol. The van der Waals surface area contributed by atoms with Crippen LogP contribution in [0, 0.1) is 11.8 Å². The lowest BCUT2D eigenvalue weighted by atomic mass is 9.78. The SMILES string of the molecule is CCCNC1CCC(C)CC1CN(C)Cc1ccsc1. The standard InChI is InChI=1S/C17H30N2S/c1-4-8-18-17-6-5-14(2)10-16(17)12-19(3)11-15-7-9-20-13-15/h7,9,13-14,16-18H,4-6,8,10-12H2,1-3H3. The molecule has 0 saturated heterocycles. The van der Waals surface area contributed by atoms with Crippen LogP contribution >= 0.6 is 11.3 Å². The zero-order chi connectivity index (χ0) is 14.4. The highest BCUT2D eigenvalue weighted by Gasteiger charge is 2.28. The molecular weight excluding hydrogens is 264 g/mol. The number of nitrogens with zero attached hydrogens (tertiary/aromatic N) is 1. The lowest BCUT2D eigenvalue weighted by Crippen LogP contribution is -2.45. The van der Waals surface area contributed by atoms with Crippen LogP contribution in [0.15, 0.2) is 16.8 Å². The van der Waals surface area contributed by atoms with Gasteiger partial charge in [0, 0.05) is 19.1 Å². The summed E-state index contributed by atoms with van der Waals surface area (Å²) < 4.78 is 0. The Hall–Kier alpha value is -0.380. The summed E-state index contributed by atoms with van der Waals surface area (Å²) in [6.45, 7) is 8.16. The average Bonchev–Trinajstić information content (AvgIpc) is 2.90. The number of hydrogen-bond acceptors (Lipinski definition) is 3. The van der Waals surface area contributed by atoms with Crippen LogP contribution < -0.4 is 5.32 Å². The molecule has 1 aromatic heterocycles. The maximum Gasteiger partial charge on any atom is 0.0239 e. The van der Waals surface area contributed by atoms with Crippen LogP contribution in [-0.2, 0) is 6.54 Å². The van der Waals surface area contributed by atoms with Gasteiger partial charge in [0.25, 0.3) is 0 Å². The zero-order valence-electron chi connectivity index (χ0n) is 13.3. The third kappa shape index (κ3) is 4.87. The topological polar surface area (TPSA) is 15.3 Å². The minimum atomic E-state index is 0.732. The molecule has 1 N–H and O–H groups in total. The van der Waals surface area contributed by atoms with Crippen molar-refractivity contribution in [3.05, 3.63) is 22.4 Å². The smallest absolute Gasteiger partial charge is 0.0239 e. The molecule has 3 atom stereocenters. The Bertz CT molecular complexity index is 361. The molecule has 2 nitrogen and oxygen atoms in total. The van der Waals surface area contributed by atoms with Crippen molar-refractivity contribution in [3.63, 3.8) is 0 Å². The van der Waals surface area contributed by atoms with Crippen LogP contribution in [0.1, 0.15) is 45.1 Å². The van der Waals surface area contributed by atoms with E-state index in [1.54, 1.807) is 11.3 Å². The first kappa shape index (κ1) is 16.0. The predicted octanol–water partition coefficient (Wildman–Crippen LogP) is 3.98. The van der Waals surface area contributed by atoms with Gasteiger partial charge in [0.15, 0.2) is 0 Å². The second kappa shape index (κ2) is 8.16. The van der Waals surface area contributed by atoms with Crippen molar-refractivity contribution in [1.29, 1.82) is 0 Å². The number of nitrogens with one attached hydrogen (secondary N) is 1. The van der Waals surface area contributed by atoms with Gasteiger partial charge in [0.05, 0.1) is 0 Å². The molecule has 0 amide bonds. The van der Waals surface area contributed by atoms with Gasteiger partial charge < -0.3 is 10.2 Å². The predicted molar refractivity (Wildman–Crippen MR) is 89.2 cm³/mol. The molecule has 1 aliphatic carbocycles. The fourth-order valence-electron chi connectivity index (χ4n) is 3.46. The first-order chi connectivity index (χ1) is 9.69. The second-order valence-corrected chi connectivity index (χ2v) is 7.35. The fraction of sp³-hybridized carbons (Fsp3) is 0.765. The summed E-state index contributed by atoms with van der Waals surface area (Å²) >= 11 is 1.80. The van der Waals surface area contributed by atoms with Crippen molar-refractivity contribution >= 4 is 11.3 Å². The van der Waals surface area contributed by atoms with Gasteiger partial charge in [-0.25, -0.2) is 0 Å². The Morgan fingerprint density at radius 2 is 2.25 bits per heavy atom. The Morgan fingerprint density at radius 1 is 1.40 bits per heavy atom. The molecule has 3 unspecified atom stereocenters. The number of thiophene rings is 1. The van der Waals surface area contributed by atoms with E-state index in [1.165, 1.54) is 44.3 Å². The van der Waals surface area contributed by atoms with E-state index in [4.69, 9.17) is 0 Å². The second-order valence-electron chi connectivity index (χ2n) is 6.57. The van der Waals surface area contributed by atoms with E-state index in [9.17, 15) is 0 Å². The summed E-state index contributed by atoms with van der Waals surface area (Å²) in [6.07, 6.45) is 5.38. The highest BCUT2D eigenvalue weighted by Crippen LogP contribution is 2.30. The number of rotatable bonds is 7. The van der Waals surface area contributed by atoms with Crippen molar-refractivity contribution in [3.8, 4) is 0 Å². The lowest BCUT2D eigenvalue weighted by molar-refractivity contribution is 0.157. The maximum absolute atomic E-state index is 3.78. The van der Waals surface area contributed by atoms with Crippen molar-refractivity contribution in [2.75, 3.05) is 20.1 Å². The monoisotopic (exact) mass is 294 g/mol. The summed E-state index contributed by atoms with van der Waals surface area (Å²) in [5.74, 6) is 1.71. The van der Waals surface area contributed by atoms with Crippen LogP contribution in [0.3, 0.4) is 0 Å². The fourth-order valence-corrected chi connectivity index (χ4v) is 4.12. The van der Waals surface area contributed by atoms with E-state index < -0.39 is 0 Å². The zero-order valence-corrected chi connectivity index (χ0v) is 14.1. The van der Waals surface area contributed by atoms with Gasteiger partial charge in [0.1, 0.15) is 0 Å². The largest absolute Gasteiger partial charge is 0.314 e.